The topological polar surface area (TPSA) is 67.1 Å². The smallest absolute Gasteiger partial charge is 0.105 e. The van der Waals surface area contributed by atoms with Crippen molar-refractivity contribution in [3.05, 3.63) is 17.5 Å². The number of H-pyrrole nitrogens is 1. The number of nitrogens with two attached hydrogens (primary N) is 1. The number of aromatic amines is 1. The second-order valence-corrected chi connectivity index (χ2v) is 1.75. The van der Waals surface area contributed by atoms with Gasteiger partial charge in [0, 0.05) is 5.69 Å². The molecule has 48 valence electrons. The first-order valence-electron chi connectivity index (χ1n) is 2.58. The first-order valence-corrected chi connectivity index (χ1v) is 2.58. The van der Waals surface area contributed by atoms with E-state index < -0.39 is 0 Å². The van der Waals surface area contributed by atoms with Crippen molar-refractivity contribution in [2.75, 3.05) is 0 Å². The summed E-state index contributed by atoms with van der Waals surface area (Å²) in [6, 6.07) is 1.86. The van der Waals surface area contributed by atoms with Crippen molar-refractivity contribution in [1.82, 2.24) is 10.2 Å². The minimum Gasteiger partial charge on any atom is -0.323 e. The van der Waals surface area contributed by atoms with Crippen LogP contribution in [-0.4, -0.2) is 16.4 Å². The maximum absolute atomic E-state index is 4.89. The predicted molar refractivity (Wildman–Crippen MR) is 35.1 cm³/mol. The van der Waals surface area contributed by atoms with Crippen LogP contribution in [-0.2, 0) is 0 Å². The lowest BCUT2D eigenvalue weighted by Crippen LogP contribution is -1.85. The molecule has 0 aliphatic carbocycles. The normalized spacial score (nSPS) is 10.8. The van der Waals surface area contributed by atoms with Crippen LogP contribution in [0, 0.1) is 6.92 Å². The van der Waals surface area contributed by atoms with Crippen LogP contribution in [0.25, 0.3) is 0 Å². The van der Waals surface area contributed by atoms with Gasteiger partial charge in [0.1, 0.15) is 5.69 Å². The number of hydrogen-bond donors (Lipinski definition) is 2. The second kappa shape index (κ2) is 2.30. The summed E-state index contributed by atoms with van der Waals surface area (Å²) in [7, 11) is 0. The van der Waals surface area contributed by atoms with E-state index in [0.29, 0.717) is 0 Å². The summed E-state index contributed by atoms with van der Waals surface area (Å²) in [5, 5.41) is 9.92. The van der Waals surface area contributed by atoms with Crippen LogP contribution in [0.4, 0.5) is 0 Å². The number of aromatic nitrogens is 2. The molecule has 4 nitrogen and oxygen atoms in total. The molecule has 1 rings (SSSR count). The van der Waals surface area contributed by atoms with Gasteiger partial charge in [0.15, 0.2) is 0 Å². The first-order chi connectivity index (χ1) is 4.33. The van der Waals surface area contributed by atoms with Crippen LogP contribution in [0.2, 0.25) is 0 Å². The van der Waals surface area contributed by atoms with E-state index in [4.69, 9.17) is 5.84 Å². The van der Waals surface area contributed by atoms with Crippen LogP contribution in [0.1, 0.15) is 11.4 Å². The van der Waals surface area contributed by atoms with Gasteiger partial charge in [-0.1, -0.05) is 0 Å². The van der Waals surface area contributed by atoms with E-state index >= 15 is 0 Å². The summed E-state index contributed by atoms with van der Waals surface area (Å²) >= 11 is 0. The molecule has 4 heteroatoms. The molecule has 1 heterocycles. The monoisotopic (exact) mass is 124 g/mol. The van der Waals surface area contributed by atoms with E-state index in [1.165, 1.54) is 6.21 Å². The van der Waals surface area contributed by atoms with Crippen LogP contribution in [0.5, 0.6) is 0 Å². The van der Waals surface area contributed by atoms with Crippen molar-refractivity contribution in [3.63, 3.8) is 0 Å². The number of rotatable bonds is 1. The van der Waals surface area contributed by atoms with Gasteiger partial charge in [-0.25, -0.2) is 0 Å². The zero-order valence-electron chi connectivity index (χ0n) is 5.13. The van der Waals surface area contributed by atoms with Crippen molar-refractivity contribution >= 4 is 6.21 Å². The van der Waals surface area contributed by atoms with E-state index in [0.717, 1.165) is 11.4 Å². The standard InChI is InChI=1S/C5H8N4/c1-4-2-5(3-7-6)9-8-4/h2-3H,6H2,1H3,(H,8,9). The van der Waals surface area contributed by atoms with Crippen LogP contribution in [0.3, 0.4) is 0 Å². The summed E-state index contributed by atoms with van der Waals surface area (Å²) < 4.78 is 0. The molecule has 0 saturated heterocycles. The quantitative estimate of drug-likeness (QED) is 0.314. The Labute approximate surface area is 52.8 Å². The molecular weight excluding hydrogens is 116 g/mol. The average molecular weight is 124 g/mol. The molecule has 1 aromatic heterocycles. The van der Waals surface area contributed by atoms with E-state index in [9.17, 15) is 0 Å². The van der Waals surface area contributed by atoms with Crippen LogP contribution in [0.15, 0.2) is 11.2 Å². The van der Waals surface area contributed by atoms with Crippen molar-refractivity contribution in [2.24, 2.45) is 10.9 Å². The number of nitrogens with zero attached hydrogens (tertiary/aromatic N) is 2. The highest BCUT2D eigenvalue weighted by Gasteiger charge is 1.89. The SMILES string of the molecule is Cc1cc(C=NN)n[nH]1. The van der Waals surface area contributed by atoms with Gasteiger partial charge in [-0.05, 0) is 13.0 Å². The Kier molecular flexibility index (Phi) is 1.48. The Bertz CT molecular complexity index is 212. The van der Waals surface area contributed by atoms with Gasteiger partial charge in [0.25, 0.3) is 0 Å². The summed E-state index contributed by atoms with van der Waals surface area (Å²) in [5.74, 6) is 4.89. The van der Waals surface area contributed by atoms with E-state index in [1.807, 2.05) is 13.0 Å². The molecule has 9 heavy (non-hydrogen) atoms. The molecule has 0 unspecified atom stereocenters. The summed E-state index contributed by atoms with van der Waals surface area (Å²) in [6.45, 7) is 1.92. The molecule has 1 aromatic rings. The molecular formula is C5H8N4. The Hall–Kier alpha value is -1.32. The van der Waals surface area contributed by atoms with Gasteiger partial charge in [0.05, 0.1) is 6.21 Å². The maximum atomic E-state index is 4.89. The number of nitrogens with one attached hydrogen (secondary N) is 1. The Balaban J connectivity index is 2.85. The fraction of sp³-hybridized carbons (Fsp3) is 0.200. The molecule has 0 spiro atoms. The molecule has 0 atom stereocenters. The highest BCUT2D eigenvalue weighted by atomic mass is 15.1. The summed E-state index contributed by atoms with van der Waals surface area (Å²) in [5.41, 5.74) is 1.76. The first kappa shape index (κ1) is 5.81. The molecule has 0 radical (unpaired) electrons. The Morgan fingerprint density at radius 3 is 3.11 bits per heavy atom. The largest absolute Gasteiger partial charge is 0.323 e. The molecule has 0 aromatic carbocycles. The molecule has 0 bridgehead atoms. The average Bonchev–Trinajstić information content (AvgIpc) is 2.17. The maximum Gasteiger partial charge on any atom is 0.105 e. The van der Waals surface area contributed by atoms with Crippen LogP contribution >= 0.6 is 0 Å². The second-order valence-electron chi connectivity index (χ2n) is 1.75. The number of aryl methyl sites for hydroxylation is 1. The van der Waals surface area contributed by atoms with Gasteiger partial charge in [0.2, 0.25) is 0 Å². The predicted octanol–water partition coefficient (Wildman–Crippen LogP) is 0.0107. The highest BCUT2D eigenvalue weighted by molar-refractivity contribution is 5.76. The summed E-state index contributed by atoms with van der Waals surface area (Å²) in [4.78, 5) is 0. The number of hydrazone groups is 1. The lowest BCUT2D eigenvalue weighted by molar-refractivity contribution is 1.04. The molecule has 0 saturated carbocycles. The van der Waals surface area contributed by atoms with Gasteiger partial charge >= 0.3 is 0 Å². The molecule has 0 aliphatic heterocycles. The third-order valence-corrected chi connectivity index (χ3v) is 0.933. The lowest BCUT2D eigenvalue weighted by atomic mass is 10.4. The minimum atomic E-state index is 0.759. The molecule has 0 fully saturated rings. The van der Waals surface area contributed by atoms with Crippen molar-refractivity contribution in [3.8, 4) is 0 Å². The fourth-order valence-corrected chi connectivity index (χ4v) is 0.582. The Morgan fingerprint density at radius 1 is 1.89 bits per heavy atom. The highest BCUT2D eigenvalue weighted by Crippen LogP contribution is 1.92. The minimum absolute atomic E-state index is 0.759. The summed E-state index contributed by atoms with van der Waals surface area (Å²) in [6.07, 6.45) is 1.49. The van der Waals surface area contributed by atoms with Crippen LogP contribution < -0.4 is 5.84 Å². The van der Waals surface area contributed by atoms with E-state index in [-0.39, 0.29) is 0 Å². The third kappa shape index (κ3) is 1.28. The van der Waals surface area contributed by atoms with Gasteiger partial charge < -0.3 is 5.84 Å². The molecule has 0 aliphatic rings. The molecule has 3 N–H and O–H groups in total. The van der Waals surface area contributed by atoms with Crippen molar-refractivity contribution < 1.29 is 0 Å². The zero-order chi connectivity index (χ0) is 6.69. The lowest BCUT2D eigenvalue weighted by Gasteiger charge is -1.73. The zero-order valence-corrected chi connectivity index (χ0v) is 5.13. The van der Waals surface area contributed by atoms with Crippen molar-refractivity contribution in [1.29, 1.82) is 0 Å². The van der Waals surface area contributed by atoms with E-state index in [2.05, 4.69) is 15.3 Å². The number of hydrogen-bond acceptors (Lipinski definition) is 3. The molecule has 0 amide bonds. The van der Waals surface area contributed by atoms with Gasteiger partial charge in [-0.2, -0.15) is 10.2 Å². The van der Waals surface area contributed by atoms with Crippen molar-refractivity contribution in [2.45, 2.75) is 6.92 Å². The van der Waals surface area contributed by atoms with E-state index in [1.54, 1.807) is 0 Å². The third-order valence-electron chi connectivity index (χ3n) is 0.933. The van der Waals surface area contributed by atoms with Gasteiger partial charge in [-0.15, -0.1) is 0 Å². The Morgan fingerprint density at radius 2 is 2.67 bits per heavy atom. The fourth-order valence-electron chi connectivity index (χ4n) is 0.582. The van der Waals surface area contributed by atoms with Gasteiger partial charge in [-0.3, -0.25) is 5.10 Å².